The quantitative estimate of drug-likeness (QED) is 0.855. The predicted octanol–water partition coefficient (Wildman–Crippen LogP) is 2.47. The van der Waals surface area contributed by atoms with Gasteiger partial charge >= 0.3 is 5.97 Å². The lowest BCUT2D eigenvalue weighted by Crippen LogP contribution is -2.17. The third-order valence-electron chi connectivity index (χ3n) is 3.68. The Hall–Kier alpha value is -1.84. The Morgan fingerprint density at radius 2 is 1.89 bits per heavy atom. The predicted molar refractivity (Wildman–Crippen MR) is 73.1 cm³/mol. The van der Waals surface area contributed by atoms with Gasteiger partial charge in [-0.15, -0.1) is 0 Å². The molecule has 1 aliphatic rings. The zero-order valence-electron chi connectivity index (χ0n) is 11.3. The Labute approximate surface area is 112 Å². The Bertz CT molecular complexity index is 510. The van der Waals surface area contributed by atoms with Crippen LogP contribution in [0.5, 0.6) is 0 Å². The molecule has 2 unspecified atom stereocenters. The molecule has 2 N–H and O–H groups in total. The first-order chi connectivity index (χ1) is 9.06. The first kappa shape index (κ1) is 13.6. The number of aliphatic carboxylic acids is 1. The fourth-order valence-corrected chi connectivity index (χ4v) is 2.37. The maximum atomic E-state index is 11.9. The molecule has 0 aliphatic heterocycles. The van der Waals surface area contributed by atoms with Gasteiger partial charge < -0.3 is 10.4 Å². The Morgan fingerprint density at radius 3 is 2.42 bits per heavy atom. The van der Waals surface area contributed by atoms with E-state index in [1.165, 1.54) is 11.1 Å². The van der Waals surface area contributed by atoms with E-state index in [1.54, 1.807) is 0 Å². The molecule has 19 heavy (non-hydrogen) atoms. The fraction of sp³-hybridized carbons (Fsp3) is 0.467. The summed E-state index contributed by atoms with van der Waals surface area (Å²) in [6, 6.07) is 5.89. The summed E-state index contributed by atoms with van der Waals surface area (Å²) in [5.41, 5.74) is 3.27. The minimum Gasteiger partial charge on any atom is -0.481 e. The molecule has 0 aromatic heterocycles. The van der Waals surface area contributed by atoms with E-state index in [2.05, 4.69) is 19.2 Å². The number of anilines is 1. The SMILES string of the molecule is CCc1ccc(NC(=O)C2CC2C(=O)O)cc1CC. The number of aryl methyl sites for hydroxylation is 2. The second-order valence-electron chi connectivity index (χ2n) is 4.97. The molecule has 2 atom stereocenters. The lowest BCUT2D eigenvalue weighted by molar-refractivity contribution is -0.139. The molecule has 1 amide bonds. The number of carbonyl (C=O) groups is 2. The molecule has 1 aromatic carbocycles. The van der Waals surface area contributed by atoms with Gasteiger partial charge in [0, 0.05) is 5.69 Å². The van der Waals surface area contributed by atoms with Crippen LogP contribution in [0.25, 0.3) is 0 Å². The number of hydrogen-bond acceptors (Lipinski definition) is 2. The van der Waals surface area contributed by atoms with E-state index in [-0.39, 0.29) is 11.8 Å². The molecule has 0 spiro atoms. The highest BCUT2D eigenvalue weighted by Gasteiger charge is 2.48. The van der Waals surface area contributed by atoms with Crippen LogP contribution in [0.2, 0.25) is 0 Å². The third-order valence-corrected chi connectivity index (χ3v) is 3.68. The molecule has 0 bridgehead atoms. The number of benzene rings is 1. The molecule has 2 rings (SSSR count). The second kappa shape index (κ2) is 5.43. The lowest BCUT2D eigenvalue weighted by atomic mass is 10.0. The maximum absolute atomic E-state index is 11.9. The third kappa shape index (κ3) is 2.95. The van der Waals surface area contributed by atoms with Crippen molar-refractivity contribution >= 4 is 17.6 Å². The Morgan fingerprint density at radius 1 is 1.21 bits per heavy atom. The molecule has 0 heterocycles. The molecular weight excluding hydrogens is 242 g/mol. The van der Waals surface area contributed by atoms with E-state index in [0.717, 1.165) is 18.5 Å². The summed E-state index contributed by atoms with van der Waals surface area (Å²) in [6.45, 7) is 4.19. The average Bonchev–Trinajstić information content (AvgIpc) is 3.19. The summed E-state index contributed by atoms with van der Waals surface area (Å²) < 4.78 is 0. The smallest absolute Gasteiger partial charge is 0.307 e. The molecule has 0 saturated heterocycles. The van der Waals surface area contributed by atoms with Crippen molar-refractivity contribution in [3.05, 3.63) is 29.3 Å². The molecule has 0 radical (unpaired) electrons. The standard InChI is InChI=1S/C15H19NO3/c1-3-9-5-6-11(7-10(9)4-2)16-14(17)12-8-13(12)15(18)19/h5-7,12-13H,3-4,8H2,1-2H3,(H,16,17)(H,18,19). The summed E-state index contributed by atoms with van der Waals surface area (Å²) >= 11 is 0. The number of rotatable bonds is 5. The highest BCUT2D eigenvalue weighted by atomic mass is 16.4. The first-order valence-electron chi connectivity index (χ1n) is 6.72. The van der Waals surface area contributed by atoms with Crippen LogP contribution in [0.3, 0.4) is 0 Å². The van der Waals surface area contributed by atoms with Crippen LogP contribution in [0, 0.1) is 11.8 Å². The zero-order valence-corrected chi connectivity index (χ0v) is 11.3. The van der Waals surface area contributed by atoms with E-state index < -0.39 is 11.9 Å². The van der Waals surface area contributed by atoms with Gasteiger partial charge in [-0.1, -0.05) is 19.9 Å². The van der Waals surface area contributed by atoms with E-state index in [1.807, 2.05) is 18.2 Å². The second-order valence-corrected chi connectivity index (χ2v) is 4.97. The zero-order chi connectivity index (χ0) is 14.0. The van der Waals surface area contributed by atoms with Crippen LogP contribution in [0.4, 0.5) is 5.69 Å². The van der Waals surface area contributed by atoms with Crippen molar-refractivity contribution in [1.29, 1.82) is 0 Å². The number of carbonyl (C=O) groups excluding carboxylic acids is 1. The van der Waals surface area contributed by atoms with Crippen molar-refractivity contribution in [3.8, 4) is 0 Å². The van der Waals surface area contributed by atoms with Crippen LogP contribution in [0.15, 0.2) is 18.2 Å². The number of carboxylic acid groups (broad SMARTS) is 1. The van der Waals surface area contributed by atoms with Gasteiger partial charge in [0.1, 0.15) is 0 Å². The van der Waals surface area contributed by atoms with Gasteiger partial charge in [-0.25, -0.2) is 0 Å². The van der Waals surface area contributed by atoms with Crippen LogP contribution in [-0.2, 0) is 22.4 Å². The number of carboxylic acids is 1. The van der Waals surface area contributed by atoms with E-state index >= 15 is 0 Å². The topological polar surface area (TPSA) is 66.4 Å². The molecule has 1 aromatic rings. The van der Waals surface area contributed by atoms with Gasteiger partial charge in [-0.3, -0.25) is 9.59 Å². The van der Waals surface area contributed by atoms with Gasteiger partial charge in [0.25, 0.3) is 0 Å². The van der Waals surface area contributed by atoms with Crippen LogP contribution in [-0.4, -0.2) is 17.0 Å². The van der Waals surface area contributed by atoms with Crippen LogP contribution in [0.1, 0.15) is 31.4 Å². The Kier molecular flexibility index (Phi) is 3.88. The van der Waals surface area contributed by atoms with Gasteiger partial charge in [-0.05, 0) is 42.5 Å². The van der Waals surface area contributed by atoms with Crippen molar-refractivity contribution in [2.45, 2.75) is 33.1 Å². The molecule has 1 fully saturated rings. The molecular formula is C15H19NO3. The van der Waals surface area contributed by atoms with Crippen LogP contribution >= 0.6 is 0 Å². The highest BCUT2D eigenvalue weighted by Crippen LogP contribution is 2.39. The number of nitrogens with one attached hydrogen (secondary N) is 1. The average molecular weight is 261 g/mol. The van der Waals surface area contributed by atoms with Gasteiger partial charge in [0.15, 0.2) is 0 Å². The number of amides is 1. The minimum absolute atomic E-state index is 0.182. The van der Waals surface area contributed by atoms with Crippen LogP contribution < -0.4 is 5.32 Å². The van der Waals surface area contributed by atoms with Crippen molar-refractivity contribution in [2.75, 3.05) is 5.32 Å². The summed E-state index contributed by atoms with van der Waals surface area (Å²) in [7, 11) is 0. The highest BCUT2D eigenvalue weighted by molar-refractivity contribution is 5.98. The van der Waals surface area contributed by atoms with E-state index in [9.17, 15) is 9.59 Å². The minimum atomic E-state index is -0.879. The summed E-state index contributed by atoms with van der Waals surface area (Å²) in [5.74, 6) is -1.93. The molecule has 4 heteroatoms. The van der Waals surface area contributed by atoms with Crippen molar-refractivity contribution in [3.63, 3.8) is 0 Å². The molecule has 1 aliphatic carbocycles. The lowest BCUT2D eigenvalue weighted by Gasteiger charge is -2.10. The largest absolute Gasteiger partial charge is 0.481 e. The summed E-state index contributed by atoms with van der Waals surface area (Å²) in [4.78, 5) is 22.6. The molecule has 4 nitrogen and oxygen atoms in total. The number of hydrogen-bond donors (Lipinski definition) is 2. The van der Waals surface area contributed by atoms with E-state index in [0.29, 0.717) is 6.42 Å². The fourth-order valence-electron chi connectivity index (χ4n) is 2.37. The van der Waals surface area contributed by atoms with Gasteiger partial charge in [-0.2, -0.15) is 0 Å². The molecule has 102 valence electrons. The van der Waals surface area contributed by atoms with E-state index in [4.69, 9.17) is 5.11 Å². The van der Waals surface area contributed by atoms with Gasteiger partial charge in [0.05, 0.1) is 11.8 Å². The van der Waals surface area contributed by atoms with Crippen molar-refractivity contribution < 1.29 is 14.7 Å². The summed E-state index contributed by atoms with van der Waals surface area (Å²) in [6.07, 6.45) is 2.35. The molecule has 1 saturated carbocycles. The van der Waals surface area contributed by atoms with Crippen molar-refractivity contribution in [2.24, 2.45) is 11.8 Å². The normalized spacial score (nSPS) is 20.9. The van der Waals surface area contributed by atoms with Gasteiger partial charge in [0.2, 0.25) is 5.91 Å². The van der Waals surface area contributed by atoms with Crippen molar-refractivity contribution in [1.82, 2.24) is 0 Å². The first-order valence-corrected chi connectivity index (χ1v) is 6.72. The monoisotopic (exact) mass is 261 g/mol. The summed E-state index contributed by atoms with van der Waals surface area (Å²) in [5, 5.41) is 11.6. The maximum Gasteiger partial charge on any atom is 0.307 e. The Balaban J connectivity index is 2.04.